The average Bonchev–Trinajstić information content (AvgIpc) is 2.70. The van der Waals surface area contributed by atoms with E-state index in [9.17, 15) is 4.91 Å². The molecule has 0 amide bonds. The van der Waals surface area contributed by atoms with Crippen LogP contribution in [0.4, 0.5) is 5.69 Å². The Hall–Kier alpha value is -1.68. The maximum absolute atomic E-state index is 10.5. The summed E-state index contributed by atoms with van der Waals surface area (Å²) in [4.78, 5) is 14.4. The van der Waals surface area contributed by atoms with Crippen molar-refractivity contribution in [3.8, 4) is 11.5 Å². The zero-order valence-corrected chi connectivity index (χ0v) is 7.73. The molecule has 4 nitrogen and oxygen atoms in total. The SMILES string of the molecule is O=Nc1cc(Cl)ccc1-c1ncco1. The molecule has 14 heavy (non-hydrogen) atoms. The Bertz CT molecular complexity index is 454. The Morgan fingerprint density at radius 1 is 1.43 bits per heavy atom. The van der Waals surface area contributed by atoms with Crippen molar-refractivity contribution in [1.29, 1.82) is 0 Å². The largest absolute Gasteiger partial charge is 0.444 e. The van der Waals surface area contributed by atoms with Gasteiger partial charge >= 0.3 is 0 Å². The summed E-state index contributed by atoms with van der Waals surface area (Å²) in [5.74, 6) is 0.358. The maximum Gasteiger partial charge on any atom is 0.228 e. The Balaban J connectivity index is 2.58. The van der Waals surface area contributed by atoms with Crippen LogP contribution in [-0.2, 0) is 0 Å². The van der Waals surface area contributed by atoms with Crippen molar-refractivity contribution < 1.29 is 4.42 Å². The van der Waals surface area contributed by atoms with E-state index in [-0.39, 0.29) is 5.69 Å². The fourth-order valence-electron chi connectivity index (χ4n) is 1.12. The van der Waals surface area contributed by atoms with Crippen molar-refractivity contribution >= 4 is 17.3 Å². The van der Waals surface area contributed by atoms with E-state index in [1.807, 2.05) is 0 Å². The van der Waals surface area contributed by atoms with Gasteiger partial charge in [0.05, 0.1) is 11.8 Å². The summed E-state index contributed by atoms with van der Waals surface area (Å²) in [7, 11) is 0. The number of hydrogen-bond donors (Lipinski definition) is 0. The Morgan fingerprint density at radius 2 is 2.29 bits per heavy atom. The lowest BCUT2D eigenvalue weighted by molar-refractivity contribution is 0.574. The van der Waals surface area contributed by atoms with Gasteiger partial charge in [0.15, 0.2) is 0 Å². The van der Waals surface area contributed by atoms with E-state index in [4.69, 9.17) is 16.0 Å². The van der Waals surface area contributed by atoms with Crippen molar-refractivity contribution in [2.24, 2.45) is 5.18 Å². The van der Waals surface area contributed by atoms with Crippen LogP contribution in [-0.4, -0.2) is 4.98 Å². The Labute approximate surface area is 84.5 Å². The molecule has 1 aromatic heterocycles. The molecule has 0 unspecified atom stereocenters. The molecular weight excluding hydrogens is 204 g/mol. The van der Waals surface area contributed by atoms with E-state index >= 15 is 0 Å². The second-order valence-electron chi connectivity index (χ2n) is 2.59. The van der Waals surface area contributed by atoms with Gasteiger partial charge in [-0.2, -0.15) is 0 Å². The molecule has 0 bridgehead atoms. The maximum atomic E-state index is 10.5. The molecule has 5 heteroatoms. The molecule has 0 atom stereocenters. The van der Waals surface area contributed by atoms with E-state index in [2.05, 4.69) is 10.2 Å². The molecule has 1 heterocycles. The number of hydrogen-bond acceptors (Lipinski definition) is 4. The number of aromatic nitrogens is 1. The summed E-state index contributed by atoms with van der Waals surface area (Å²) in [6.45, 7) is 0. The van der Waals surface area contributed by atoms with Crippen molar-refractivity contribution in [2.45, 2.75) is 0 Å². The summed E-state index contributed by atoms with van der Waals surface area (Å²) in [6, 6.07) is 4.76. The third kappa shape index (κ3) is 1.52. The lowest BCUT2D eigenvalue weighted by atomic mass is 10.2. The third-order valence-electron chi connectivity index (χ3n) is 1.72. The number of nitrogens with zero attached hydrogens (tertiary/aromatic N) is 2. The van der Waals surface area contributed by atoms with Crippen LogP contribution in [0, 0.1) is 4.91 Å². The van der Waals surface area contributed by atoms with Gasteiger partial charge in [0.2, 0.25) is 5.89 Å². The van der Waals surface area contributed by atoms with Gasteiger partial charge in [-0.15, -0.1) is 4.91 Å². The second-order valence-corrected chi connectivity index (χ2v) is 3.03. The molecule has 0 aliphatic carbocycles. The second kappa shape index (κ2) is 3.59. The third-order valence-corrected chi connectivity index (χ3v) is 1.96. The number of benzene rings is 1. The minimum Gasteiger partial charge on any atom is -0.444 e. The van der Waals surface area contributed by atoms with Gasteiger partial charge in [0.1, 0.15) is 12.0 Å². The van der Waals surface area contributed by atoms with E-state index < -0.39 is 0 Å². The van der Waals surface area contributed by atoms with E-state index in [1.54, 1.807) is 12.1 Å². The summed E-state index contributed by atoms with van der Waals surface area (Å²) in [5.41, 5.74) is 0.759. The quantitative estimate of drug-likeness (QED) is 0.711. The van der Waals surface area contributed by atoms with E-state index in [0.29, 0.717) is 16.5 Å². The topological polar surface area (TPSA) is 55.5 Å². The first kappa shape index (κ1) is 8.90. The van der Waals surface area contributed by atoms with Crippen molar-refractivity contribution in [1.82, 2.24) is 4.98 Å². The van der Waals surface area contributed by atoms with Crippen LogP contribution < -0.4 is 0 Å². The van der Waals surface area contributed by atoms with Gasteiger partial charge in [0.25, 0.3) is 0 Å². The molecule has 1 aromatic carbocycles. The molecule has 0 fully saturated rings. The monoisotopic (exact) mass is 208 g/mol. The molecule has 0 saturated carbocycles. The molecule has 0 saturated heterocycles. The lowest BCUT2D eigenvalue weighted by Crippen LogP contribution is -1.78. The number of oxazole rings is 1. The minimum absolute atomic E-state index is 0.222. The van der Waals surface area contributed by atoms with Gasteiger partial charge < -0.3 is 4.42 Å². The molecule has 0 N–H and O–H groups in total. The van der Waals surface area contributed by atoms with Crippen LogP contribution in [0.1, 0.15) is 0 Å². The van der Waals surface area contributed by atoms with Crippen molar-refractivity contribution in [2.75, 3.05) is 0 Å². The molecule has 2 aromatic rings. The first-order valence-electron chi connectivity index (χ1n) is 3.84. The number of nitroso groups, excluding NO2 is 1. The Kier molecular flexibility index (Phi) is 2.28. The fourth-order valence-corrected chi connectivity index (χ4v) is 1.28. The van der Waals surface area contributed by atoms with Crippen molar-refractivity contribution in [3.05, 3.63) is 40.6 Å². The highest BCUT2D eigenvalue weighted by Crippen LogP contribution is 2.31. The first-order valence-corrected chi connectivity index (χ1v) is 4.22. The van der Waals surface area contributed by atoms with Gasteiger partial charge in [-0.1, -0.05) is 11.6 Å². The highest BCUT2D eigenvalue weighted by molar-refractivity contribution is 6.31. The molecular formula is C9H5ClN2O2. The molecule has 0 aliphatic heterocycles. The van der Waals surface area contributed by atoms with E-state index in [0.717, 1.165) is 0 Å². The summed E-state index contributed by atoms with van der Waals surface area (Å²) >= 11 is 5.71. The summed E-state index contributed by atoms with van der Waals surface area (Å²) in [5, 5.41) is 3.31. The first-order chi connectivity index (χ1) is 6.81. The van der Waals surface area contributed by atoms with Gasteiger partial charge in [-0.05, 0) is 23.4 Å². The summed E-state index contributed by atoms with van der Waals surface area (Å²) < 4.78 is 5.05. The van der Waals surface area contributed by atoms with Crippen LogP contribution in [0.15, 0.2) is 40.3 Å². The zero-order chi connectivity index (χ0) is 9.97. The number of halogens is 1. The fraction of sp³-hybridized carbons (Fsp3) is 0. The number of rotatable bonds is 2. The van der Waals surface area contributed by atoms with Crippen LogP contribution in [0.25, 0.3) is 11.5 Å². The normalized spacial score (nSPS) is 10.1. The molecule has 0 radical (unpaired) electrons. The van der Waals surface area contributed by atoms with Gasteiger partial charge in [-0.25, -0.2) is 4.98 Å². The predicted octanol–water partition coefficient (Wildman–Crippen LogP) is 3.39. The van der Waals surface area contributed by atoms with Gasteiger partial charge in [0, 0.05) is 5.02 Å². The molecule has 0 aliphatic rings. The molecule has 0 spiro atoms. The lowest BCUT2D eigenvalue weighted by Gasteiger charge is -1.98. The van der Waals surface area contributed by atoms with Crippen LogP contribution in [0.3, 0.4) is 0 Å². The highest BCUT2D eigenvalue weighted by Gasteiger charge is 2.09. The predicted molar refractivity (Wildman–Crippen MR) is 52.4 cm³/mol. The van der Waals surface area contributed by atoms with Gasteiger partial charge in [-0.3, -0.25) is 0 Å². The van der Waals surface area contributed by atoms with E-state index in [1.165, 1.54) is 18.5 Å². The highest BCUT2D eigenvalue weighted by atomic mass is 35.5. The molecule has 2 rings (SSSR count). The van der Waals surface area contributed by atoms with Crippen LogP contribution >= 0.6 is 11.6 Å². The smallest absolute Gasteiger partial charge is 0.228 e. The zero-order valence-electron chi connectivity index (χ0n) is 6.98. The average molecular weight is 209 g/mol. The summed E-state index contributed by atoms with van der Waals surface area (Å²) in [6.07, 6.45) is 2.93. The van der Waals surface area contributed by atoms with Crippen LogP contribution in [0.5, 0.6) is 0 Å². The minimum atomic E-state index is 0.222. The Morgan fingerprint density at radius 3 is 2.93 bits per heavy atom. The van der Waals surface area contributed by atoms with Crippen molar-refractivity contribution in [3.63, 3.8) is 0 Å². The van der Waals surface area contributed by atoms with Crippen LogP contribution in [0.2, 0.25) is 5.02 Å². The molecule has 70 valence electrons. The standard InChI is InChI=1S/C9H5ClN2O2/c10-6-1-2-7(8(5-6)12-13)9-11-3-4-14-9/h1-5H.